The van der Waals surface area contributed by atoms with Gasteiger partial charge in [-0.15, -0.1) is 0 Å². The van der Waals surface area contributed by atoms with Crippen molar-refractivity contribution in [3.8, 4) is 0 Å². The molecule has 0 unspecified atom stereocenters. The predicted octanol–water partition coefficient (Wildman–Crippen LogP) is 12.4. The summed E-state index contributed by atoms with van der Waals surface area (Å²) in [5.74, 6) is -1.06. The minimum absolute atomic E-state index is 0.114. The van der Waals surface area contributed by atoms with Crippen molar-refractivity contribution < 1.29 is 37.9 Å². The summed E-state index contributed by atoms with van der Waals surface area (Å²) in [5, 5.41) is 0. The van der Waals surface area contributed by atoms with Crippen molar-refractivity contribution in [1.82, 2.24) is 0 Å². The summed E-state index contributed by atoms with van der Waals surface area (Å²) < 4.78 is 26.2. The third-order valence-corrected chi connectivity index (χ3v) is 8.26. The van der Waals surface area contributed by atoms with Gasteiger partial charge in [-0.25, -0.2) is 4.57 Å². The quantitative estimate of drug-likeness (QED) is 0.0283. The molecule has 0 aliphatic carbocycles. The molecule has 2 N–H and O–H groups in total. The fraction of sp³-hybridized carbons (Fsp3) is 0.556. The van der Waals surface area contributed by atoms with Crippen LogP contribution in [-0.4, -0.2) is 41.0 Å². The van der Waals surface area contributed by atoms with Crippen LogP contribution in [0.3, 0.4) is 0 Å². The molecule has 9 heteroatoms. The maximum atomic E-state index is 12.4. The van der Waals surface area contributed by atoms with Crippen molar-refractivity contribution in [2.45, 2.75) is 148 Å². The SMILES string of the molecule is CCCCC/C=C/C/C=C/C/C=C/C/C=C/C/C=C/CCC(=O)OC[C@H](COP(=O)(O)O)OC(=O)CCC/C=C/C/C=C/C/C=C/C/C=C/CCCCC. The van der Waals surface area contributed by atoms with Crippen LogP contribution in [-0.2, 0) is 28.2 Å². The van der Waals surface area contributed by atoms with Gasteiger partial charge in [0.05, 0.1) is 6.61 Å². The lowest BCUT2D eigenvalue weighted by Gasteiger charge is -2.18. The molecule has 0 aromatic heterocycles. The third-order valence-electron chi connectivity index (χ3n) is 7.78. The van der Waals surface area contributed by atoms with E-state index in [0.29, 0.717) is 19.3 Å². The van der Waals surface area contributed by atoms with Gasteiger partial charge in [0, 0.05) is 12.8 Å². The molecule has 0 fully saturated rings. The van der Waals surface area contributed by atoms with Crippen LogP contribution in [0.15, 0.2) is 109 Å². The van der Waals surface area contributed by atoms with Gasteiger partial charge < -0.3 is 19.3 Å². The number of phosphoric acid groups is 1. The monoisotopic (exact) mass is 770 g/mol. The Kier molecular flexibility index (Phi) is 37.0. The number of carbonyl (C=O) groups excluding carboxylic acids is 2. The maximum absolute atomic E-state index is 12.4. The first-order valence-electron chi connectivity index (χ1n) is 20.2. The molecule has 0 saturated heterocycles. The number of unbranched alkanes of at least 4 members (excludes halogenated alkanes) is 7. The number of hydrogen-bond acceptors (Lipinski definition) is 6. The second kappa shape index (κ2) is 39.4. The Balaban J connectivity index is 4.20. The number of rotatable bonds is 35. The highest BCUT2D eigenvalue weighted by atomic mass is 31.2. The standard InChI is InChI=1S/C45H71O8P/c1-3-5-7-9-11-13-15-17-19-21-22-24-25-27-29-31-33-35-37-39-44(46)51-41-43(42-52-54(48,49)50)53-45(47)40-38-36-34-32-30-28-26-23-20-18-16-14-12-10-8-6-4-2/h11-14,17-20,22,24,26-29,32-35,43H,3-10,15-16,21,23,25,30-31,36-42H2,1-2H3,(H2,48,49,50)/b13-11+,14-12+,19-17+,20-18+,24-22+,28-26+,29-27+,34-32+,35-33+/t43-/m1/s1. The lowest BCUT2D eigenvalue weighted by atomic mass is 10.2. The Morgan fingerprint density at radius 3 is 1.24 bits per heavy atom. The summed E-state index contributed by atoms with van der Waals surface area (Å²) in [5.41, 5.74) is 0. The first kappa shape index (κ1) is 50.7. The second-order valence-corrected chi connectivity index (χ2v) is 14.1. The minimum Gasteiger partial charge on any atom is -0.462 e. The molecule has 304 valence electrons. The number of esters is 2. The van der Waals surface area contributed by atoms with Crippen LogP contribution in [0.2, 0.25) is 0 Å². The van der Waals surface area contributed by atoms with E-state index < -0.39 is 32.5 Å². The minimum atomic E-state index is -4.79. The van der Waals surface area contributed by atoms with E-state index in [1.54, 1.807) is 0 Å². The van der Waals surface area contributed by atoms with Gasteiger partial charge in [0.2, 0.25) is 0 Å². The molecule has 0 rings (SSSR count). The van der Waals surface area contributed by atoms with E-state index in [0.717, 1.165) is 51.4 Å². The van der Waals surface area contributed by atoms with Crippen LogP contribution >= 0.6 is 7.82 Å². The van der Waals surface area contributed by atoms with Crippen LogP contribution < -0.4 is 0 Å². The largest absolute Gasteiger partial charge is 0.469 e. The molecule has 0 spiro atoms. The zero-order valence-corrected chi connectivity index (χ0v) is 34.2. The van der Waals surface area contributed by atoms with Gasteiger partial charge >= 0.3 is 19.8 Å². The first-order valence-corrected chi connectivity index (χ1v) is 21.7. The molecule has 0 amide bonds. The predicted molar refractivity (Wildman–Crippen MR) is 225 cm³/mol. The van der Waals surface area contributed by atoms with E-state index in [1.165, 1.54) is 44.9 Å². The Morgan fingerprint density at radius 2 is 0.852 bits per heavy atom. The van der Waals surface area contributed by atoms with E-state index in [9.17, 15) is 14.2 Å². The Morgan fingerprint density at radius 1 is 0.481 bits per heavy atom. The fourth-order valence-corrected chi connectivity index (χ4v) is 5.12. The smallest absolute Gasteiger partial charge is 0.462 e. The lowest BCUT2D eigenvalue weighted by Crippen LogP contribution is -2.29. The van der Waals surface area contributed by atoms with Gasteiger partial charge in [-0.1, -0.05) is 149 Å². The molecule has 0 radical (unpaired) electrons. The van der Waals surface area contributed by atoms with Crippen molar-refractivity contribution in [3.63, 3.8) is 0 Å². The van der Waals surface area contributed by atoms with Gasteiger partial charge in [0.1, 0.15) is 6.61 Å². The molecule has 0 saturated carbocycles. The molecular formula is C45H71O8P. The normalized spacial score (nSPS) is 13.6. The van der Waals surface area contributed by atoms with Gasteiger partial charge in [-0.05, 0) is 89.9 Å². The Bertz CT molecular complexity index is 1230. The summed E-state index contributed by atoms with van der Waals surface area (Å²) in [4.78, 5) is 42.7. The summed E-state index contributed by atoms with van der Waals surface area (Å²) in [7, 11) is -4.79. The molecule has 0 bridgehead atoms. The number of carbonyl (C=O) groups is 2. The molecule has 0 aliphatic rings. The summed E-state index contributed by atoms with van der Waals surface area (Å²) in [6, 6.07) is 0. The molecule has 0 aromatic carbocycles. The van der Waals surface area contributed by atoms with Crippen molar-refractivity contribution in [1.29, 1.82) is 0 Å². The molecule has 54 heavy (non-hydrogen) atoms. The average molecular weight is 771 g/mol. The Hall–Kier alpha value is -3.29. The molecule has 0 heterocycles. The van der Waals surface area contributed by atoms with E-state index in [1.807, 2.05) is 24.3 Å². The van der Waals surface area contributed by atoms with Gasteiger partial charge in [-0.3, -0.25) is 14.1 Å². The van der Waals surface area contributed by atoms with Crippen LogP contribution in [0.4, 0.5) is 0 Å². The number of allylic oxidation sites excluding steroid dienone is 18. The first-order chi connectivity index (χ1) is 26.3. The van der Waals surface area contributed by atoms with Gasteiger partial charge in [-0.2, -0.15) is 0 Å². The second-order valence-electron chi connectivity index (χ2n) is 12.9. The lowest BCUT2D eigenvalue weighted by molar-refractivity contribution is -0.161. The highest BCUT2D eigenvalue weighted by molar-refractivity contribution is 7.46. The molecular weight excluding hydrogens is 699 g/mol. The molecule has 0 aliphatic heterocycles. The highest BCUT2D eigenvalue weighted by Gasteiger charge is 2.22. The third kappa shape index (κ3) is 41.5. The van der Waals surface area contributed by atoms with Crippen LogP contribution in [0, 0.1) is 0 Å². The van der Waals surface area contributed by atoms with Crippen molar-refractivity contribution in [3.05, 3.63) is 109 Å². The van der Waals surface area contributed by atoms with E-state index >= 15 is 0 Å². The Labute approximate surface area is 327 Å². The molecule has 1 atom stereocenters. The van der Waals surface area contributed by atoms with Crippen LogP contribution in [0.5, 0.6) is 0 Å². The summed E-state index contributed by atoms with van der Waals surface area (Å²) >= 11 is 0. The number of phosphoric ester groups is 1. The van der Waals surface area contributed by atoms with Gasteiger partial charge in [0.25, 0.3) is 0 Å². The zero-order valence-electron chi connectivity index (χ0n) is 33.3. The number of ether oxygens (including phenoxy) is 2. The van der Waals surface area contributed by atoms with Crippen LogP contribution in [0.25, 0.3) is 0 Å². The van der Waals surface area contributed by atoms with E-state index in [2.05, 4.69) is 103 Å². The van der Waals surface area contributed by atoms with Crippen molar-refractivity contribution in [2.24, 2.45) is 0 Å². The van der Waals surface area contributed by atoms with Gasteiger partial charge in [0.15, 0.2) is 6.10 Å². The van der Waals surface area contributed by atoms with Crippen molar-refractivity contribution in [2.75, 3.05) is 13.2 Å². The summed E-state index contributed by atoms with van der Waals surface area (Å²) in [6.07, 6.45) is 55.4. The van der Waals surface area contributed by atoms with Crippen molar-refractivity contribution >= 4 is 19.8 Å². The fourth-order valence-electron chi connectivity index (χ4n) is 4.76. The zero-order chi connectivity index (χ0) is 39.6. The van der Waals surface area contributed by atoms with Crippen LogP contribution in [0.1, 0.15) is 142 Å². The van der Waals surface area contributed by atoms with E-state index in [4.69, 9.17) is 19.3 Å². The highest BCUT2D eigenvalue weighted by Crippen LogP contribution is 2.35. The molecule has 8 nitrogen and oxygen atoms in total. The maximum Gasteiger partial charge on any atom is 0.469 e. The number of hydrogen-bond donors (Lipinski definition) is 2. The summed E-state index contributed by atoms with van der Waals surface area (Å²) in [6.45, 7) is 3.50. The molecule has 0 aromatic rings. The van der Waals surface area contributed by atoms with E-state index in [-0.39, 0.29) is 19.4 Å². The topological polar surface area (TPSA) is 119 Å². The average Bonchev–Trinajstić information content (AvgIpc) is 3.14.